The minimum absolute atomic E-state index is 0.0490. The van der Waals surface area contributed by atoms with Crippen molar-refractivity contribution in [2.75, 3.05) is 26.6 Å². The Bertz CT molecular complexity index is 1000. The van der Waals surface area contributed by atoms with E-state index < -0.39 is 0 Å². The van der Waals surface area contributed by atoms with Gasteiger partial charge in [-0.2, -0.15) is 0 Å². The summed E-state index contributed by atoms with van der Waals surface area (Å²) in [6.07, 6.45) is 1.59. The van der Waals surface area contributed by atoms with Gasteiger partial charge in [-0.3, -0.25) is 0 Å². The summed E-state index contributed by atoms with van der Waals surface area (Å²) < 4.78 is 16.0. The number of aromatic amines is 1. The second-order valence-electron chi connectivity index (χ2n) is 6.75. The van der Waals surface area contributed by atoms with Crippen molar-refractivity contribution in [1.82, 2.24) is 10.3 Å². The molecule has 1 aliphatic carbocycles. The van der Waals surface area contributed by atoms with Gasteiger partial charge in [0.05, 0.1) is 27.0 Å². The number of carbonyl (C=O) groups is 1. The minimum atomic E-state index is -0.270. The molecule has 0 saturated heterocycles. The standard InChI is InChI=1S/C21H23N3O4/c1-26-18-10-13(11-19(27-2)20(18)28-3)23-21(25)22-12-8-15-14-6-4-5-7-16(14)24-17(15)9-12/h4-7,10-12,24H,8-9H2,1-3H3,(H2,22,23,25). The summed E-state index contributed by atoms with van der Waals surface area (Å²) >= 11 is 0. The van der Waals surface area contributed by atoms with Crippen LogP contribution in [-0.4, -0.2) is 38.4 Å². The van der Waals surface area contributed by atoms with E-state index in [4.69, 9.17) is 14.2 Å². The van der Waals surface area contributed by atoms with Gasteiger partial charge in [0.1, 0.15) is 0 Å². The molecule has 0 bridgehead atoms. The van der Waals surface area contributed by atoms with E-state index in [0.717, 1.165) is 18.4 Å². The van der Waals surface area contributed by atoms with Crippen molar-refractivity contribution in [2.45, 2.75) is 18.9 Å². The van der Waals surface area contributed by atoms with Crippen LogP contribution in [0, 0.1) is 0 Å². The maximum absolute atomic E-state index is 12.5. The predicted molar refractivity (Wildman–Crippen MR) is 108 cm³/mol. The number of amides is 2. The van der Waals surface area contributed by atoms with Gasteiger partial charge in [0.15, 0.2) is 11.5 Å². The van der Waals surface area contributed by atoms with E-state index in [1.54, 1.807) is 19.2 Å². The molecule has 0 radical (unpaired) electrons. The molecule has 7 heteroatoms. The summed E-state index contributed by atoms with van der Waals surface area (Å²) in [5.41, 5.74) is 4.19. The van der Waals surface area contributed by atoms with E-state index in [1.807, 2.05) is 12.1 Å². The van der Waals surface area contributed by atoms with E-state index in [9.17, 15) is 4.79 Å². The van der Waals surface area contributed by atoms with Gasteiger partial charge < -0.3 is 29.8 Å². The molecule has 28 heavy (non-hydrogen) atoms. The number of H-pyrrole nitrogens is 1. The number of rotatable bonds is 5. The summed E-state index contributed by atoms with van der Waals surface area (Å²) in [6.45, 7) is 0. The largest absolute Gasteiger partial charge is 0.493 e. The van der Waals surface area contributed by atoms with Gasteiger partial charge in [-0.1, -0.05) is 18.2 Å². The Morgan fingerprint density at radius 3 is 2.43 bits per heavy atom. The van der Waals surface area contributed by atoms with Crippen LogP contribution in [0.3, 0.4) is 0 Å². The number of fused-ring (bicyclic) bond motifs is 3. The number of benzene rings is 2. The Hall–Kier alpha value is -3.35. The quantitative estimate of drug-likeness (QED) is 0.632. The van der Waals surface area contributed by atoms with Crippen molar-refractivity contribution in [3.8, 4) is 17.2 Å². The van der Waals surface area contributed by atoms with Crippen molar-refractivity contribution < 1.29 is 19.0 Å². The first-order valence-electron chi connectivity index (χ1n) is 9.09. The Morgan fingerprint density at radius 2 is 1.75 bits per heavy atom. The number of nitrogens with one attached hydrogen (secondary N) is 3. The maximum Gasteiger partial charge on any atom is 0.319 e. The van der Waals surface area contributed by atoms with Crippen molar-refractivity contribution in [1.29, 1.82) is 0 Å². The van der Waals surface area contributed by atoms with Gasteiger partial charge in [-0.25, -0.2) is 4.79 Å². The van der Waals surface area contributed by atoms with Crippen LogP contribution in [0.1, 0.15) is 11.3 Å². The molecule has 7 nitrogen and oxygen atoms in total. The molecule has 146 valence electrons. The van der Waals surface area contributed by atoms with Crippen molar-refractivity contribution >= 4 is 22.6 Å². The molecule has 1 atom stereocenters. The summed E-state index contributed by atoms with van der Waals surface area (Å²) in [7, 11) is 4.62. The Balaban J connectivity index is 1.45. The Morgan fingerprint density at radius 1 is 1.04 bits per heavy atom. The number of hydrogen-bond acceptors (Lipinski definition) is 4. The van der Waals surface area contributed by atoms with Crippen molar-refractivity contribution in [3.63, 3.8) is 0 Å². The first-order chi connectivity index (χ1) is 13.6. The number of ether oxygens (including phenoxy) is 3. The molecule has 1 heterocycles. The van der Waals surface area contributed by atoms with E-state index in [0.29, 0.717) is 22.9 Å². The number of urea groups is 1. The minimum Gasteiger partial charge on any atom is -0.493 e. The van der Waals surface area contributed by atoms with Gasteiger partial charge in [0, 0.05) is 41.2 Å². The molecule has 0 saturated carbocycles. The highest BCUT2D eigenvalue weighted by Crippen LogP contribution is 2.40. The van der Waals surface area contributed by atoms with Crippen LogP contribution < -0.4 is 24.8 Å². The highest BCUT2D eigenvalue weighted by atomic mass is 16.5. The third-order valence-electron chi connectivity index (χ3n) is 5.06. The van der Waals surface area contributed by atoms with E-state index in [2.05, 4.69) is 27.8 Å². The summed E-state index contributed by atoms with van der Waals surface area (Å²) in [6, 6.07) is 11.4. The van der Waals surface area contributed by atoms with Gasteiger partial charge in [-0.15, -0.1) is 0 Å². The zero-order chi connectivity index (χ0) is 19.7. The van der Waals surface area contributed by atoms with Crippen LogP contribution in [0.25, 0.3) is 10.9 Å². The molecule has 0 spiro atoms. The van der Waals surface area contributed by atoms with Crippen molar-refractivity contribution in [3.05, 3.63) is 47.7 Å². The highest BCUT2D eigenvalue weighted by molar-refractivity contribution is 5.91. The number of hydrogen-bond donors (Lipinski definition) is 3. The monoisotopic (exact) mass is 381 g/mol. The lowest BCUT2D eigenvalue weighted by atomic mass is 10.1. The van der Waals surface area contributed by atoms with Crippen LogP contribution in [0.4, 0.5) is 10.5 Å². The third kappa shape index (κ3) is 3.19. The average Bonchev–Trinajstić information content (AvgIpc) is 3.24. The van der Waals surface area contributed by atoms with E-state index in [1.165, 1.54) is 30.9 Å². The molecular formula is C21H23N3O4. The fourth-order valence-electron chi connectivity index (χ4n) is 3.84. The lowest BCUT2D eigenvalue weighted by Gasteiger charge is -2.16. The lowest BCUT2D eigenvalue weighted by Crippen LogP contribution is -2.38. The third-order valence-corrected chi connectivity index (χ3v) is 5.06. The van der Waals surface area contributed by atoms with Crippen LogP contribution in [-0.2, 0) is 12.8 Å². The normalized spacial score (nSPS) is 15.2. The zero-order valence-electron chi connectivity index (χ0n) is 16.1. The lowest BCUT2D eigenvalue weighted by molar-refractivity contribution is 0.248. The molecule has 1 unspecified atom stereocenters. The molecule has 1 aromatic heterocycles. The average molecular weight is 381 g/mol. The molecule has 2 aromatic carbocycles. The van der Waals surface area contributed by atoms with Crippen LogP contribution in [0.5, 0.6) is 17.2 Å². The summed E-state index contributed by atoms with van der Waals surface area (Å²) in [5.74, 6) is 1.45. The number of para-hydroxylation sites is 1. The maximum atomic E-state index is 12.5. The van der Waals surface area contributed by atoms with Gasteiger partial charge >= 0.3 is 6.03 Å². The van der Waals surface area contributed by atoms with Crippen LogP contribution >= 0.6 is 0 Å². The summed E-state index contributed by atoms with van der Waals surface area (Å²) in [4.78, 5) is 16.0. The van der Waals surface area contributed by atoms with E-state index in [-0.39, 0.29) is 12.1 Å². The zero-order valence-corrected chi connectivity index (χ0v) is 16.1. The fraction of sp³-hybridized carbons (Fsp3) is 0.286. The molecule has 3 N–H and O–H groups in total. The first-order valence-corrected chi connectivity index (χ1v) is 9.09. The van der Waals surface area contributed by atoms with Gasteiger partial charge in [0.2, 0.25) is 5.75 Å². The molecule has 1 aliphatic rings. The van der Waals surface area contributed by atoms with E-state index >= 15 is 0 Å². The SMILES string of the molecule is COc1cc(NC(=O)NC2Cc3[nH]c4ccccc4c3C2)cc(OC)c1OC. The van der Waals surface area contributed by atoms with Crippen LogP contribution in [0.2, 0.25) is 0 Å². The Labute approximate surface area is 163 Å². The number of methoxy groups -OCH3 is 3. The van der Waals surface area contributed by atoms with Crippen molar-refractivity contribution in [2.24, 2.45) is 0 Å². The first kappa shape index (κ1) is 18.0. The second kappa shape index (κ2) is 7.34. The number of anilines is 1. The molecule has 0 aliphatic heterocycles. The van der Waals surface area contributed by atoms with Gasteiger partial charge in [0.25, 0.3) is 0 Å². The topological polar surface area (TPSA) is 84.6 Å². The fourth-order valence-corrected chi connectivity index (χ4v) is 3.84. The highest BCUT2D eigenvalue weighted by Gasteiger charge is 2.26. The smallest absolute Gasteiger partial charge is 0.319 e. The number of carbonyl (C=O) groups excluding carboxylic acids is 1. The molecule has 2 amide bonds. The molecule has 4 rings (SSSR count). The second-order valence-corrected chi connectivity index (χ2v) is 6.75. The predicted octanol–water partition coefficient (Wildman–Crippen LogP) is 3.48. The molecule has 0 fully saturated rings. The molecule has 3 aromatic rings. The molecular weight excluding hydrogens is 358 g/mol. The number of aromatic nitrogens is 1. The van der Waals surface area contributed by atoms with Crippen LogP contribution in [0.15, 0.2) is 36.4 Å². The summed E-state index contributed by atoms with van der Waals surface area (Å²) in [5, 5.41) is 7.12. The Kier molecular flexibility index (Phi) is 4.73. The van der Waals surface area contributed by atoms with Gasteiger partial charge in [-0.05, 0) is 18.1 Å².